The molecule has 0 atom stereocenters. The Morgan fingerprint density at radius 3 is 2.58 bits per heavy atom. The average Bonchev–Trinajstić information content (AvgIpc) is 3.25. The van der Waals surface area contributed by atoms with Gasteiger partial charge in [0.1, 0.15) is 11.5 Å². The summed E-state index contributed by atoms with van der Waals surface area (Å²) in [6, 6.07) is 8.31. The lowest BCUT2D eigenvalue weighted by molar-refractivity contribution is 0.0306. The first kappa shape index (κ1) is 21.9. The number of aliphatic hydroxyl groups is 1. The summed E-state index contributed by atoms with van der Waals surface area (Å²) in [6.45, 7) is 3.59. The van der Waals surface area contributed by atoms with Crippen LogP contribution in [0.2, 0.25) is 0 Å². The Kier molecular flexibility index (Phi) is 6.61. The van der Waals surface area contributed by atoms with E-state index >= 15 is 0 Å². The molecule has 2 N–H and O–H groups in total. The zero-order valence-electron chi connectivity index (χ0n) is 18.4. The van der Waals surface area contributed by atoms with Gasteiger partial charge in [-0.05, 0) is 56.0 Å². The lowest BCUT2D eigenvalue weighted by Crippen LogP contribution is -2.35. The molecule has 1 saturated heterocycles. The summed E-state index contributed by atoms with van der Waals surface area (Å²) < 4.78 is 24.8. The van der Waals surface area contributed by atoms with Crippen molar-refractivity contribution in [3.63, 3.8) is 0 Å². The van der Waals surface area contributed by atoms with E-state index in [2.05, 4.69) is 20.4 Å². The van der Waals surface area contributed by atoms with Crippen molar-refractivity contribution >= 4 is 5.95 Å². The van der Waals surface area contributed by atoms with Gasteiger partial charge < -0.3 is 19.7 Å². The second-order valence-electron chi connectivity index (χ2n) is 8.64. The number of benzene rings is 1. The lowest BCUT2D eigenvalue weighted by Gasteiger charge is -2.26. The Bertz CT molecular complexity index is 1060. The van der Waals surface area contributed by atoms with Crippen LogP contribution >= 0.6 is 0 Å². The number of halogens is 1. The van der Waals surface area contributed by atoms with Crippen LogP contribution in [-0.4, -0.2) is 63.6 Å². The van der Waals surface area contributed by atoms with Crippen LogP contribution in [0.1, 0.15) is 31.4 Å². The predicted octanol–water partition coefficient (Wildman–Crippen LogP) is 3.49. The van der Waals surface area contributed by atoms with Gasteiger partial charge in [0.25, 0.3) is 0 Å². The molecule has 0 spiro atoms. The number of nitrogens with one attached hydrogen (secondary N) is 1. The van der Waals surface area contributed by atoms with Gasteiger partial charge in [0.2, 0.25) is 5.95 Å². The molecule has 1 aliphatic carbocycles. The quantitative estimate of drug-likeness (QED) is 0.586. The summed E-state index contributed by atoms with van der Waals surface area (Å²) >= 11 is 0. The fourth-order valence-corrected chi connectivity index (χ4v) is 4.43. The predicted molar refractivity (Wildman–Crippen MR) is 121 cm³/mol. The molecule has 9 heteroatoms. The molecular weight excluding hydrogens is 425 g/mol. The minimum absolute atomic E-state index is 0.215. The number of ether oxygens (including phenoxy) is 1. The van der Waals surface area contributed by atoms with Crippen molar-refractivity contribution in [2.75, 3.05) is 31.6 Å². The van der Waals surface area contributed by atoms with E-state index in [0.717, 1.165) is 49.9 Å². The van der Waals surface area contributed by atoms with Crippen LogP contribution in [0.5, 0.6) is 0 Å². The second kappa shape index (κ2) is 9.94. The third kappa shape index (κ3) is 5.21. The molecule has 0 bridgehead atoms. The molecular formula is C24H28FN5O3. The van der Waals surface area contributed by atoms with Crippen LogP contribution in [0.3, 0.4) is 0 Å². The van der Waals surface area contributed by atoms with Crippen molar-refractivity contribution in [3.8, 4) is 22.5 Å². The van der Waals surface area contributed by atoms with Gasteiger partial charge in [0, 0.05) is 30.9 Å². The number of rotatable bonds is 6. The smallest absolute Gasteiger partial charge is 0.223 e. The summed E-state index contributed by atoms with van der Waals surface area (Å²) in [5.41, 5.74) is 2.88. The van der Waals surface area contributed by atoms with Gasteiger partial charge in [-0.2, -0.15) is 0 Å². The summed E-state index contributed by atoms with van der Waals surface area (Å²) in [4.78, 5) is 11.5. The number of aromatic nitrogens is 3. The number of anilines is 1. The Morgan fingerprint density at radius 1 is 1.06 bits per heavy atom. The molecule has 2 fully saturated rings. The van der Waals surface area contributed by atoms with E-state index in [4.69, 9.17) is 14.2 Å². The first-order valence-corrected chi connectivity index (χ1v) is 11.5. The molecule has 2 aromatic heterocycles. The van der Waals surface area contributed by atoms with E-state index in [1.165, 1.54) is 12.1 Å². The molecule has 0 radical (unpaired) electrons. The van der Waals surface area contributed by atoms with Crippen molar-refractivity contribution in [3.05, 3.63) is 48.1 Å². The number of hydrogen-bond donors (Lipinski definition) is 2. The van der Waals surface area contributed by atoms with Crippen molar-refractivity contribution in [2.24, 2.45) is 0 Å². The van der Waals surface area contributed by atoms with E-state index in [0.29, 0.717) is 42.9 Å². The van der Waals surface area contributed by atoms with Crippen LogP contribution in [0.25, 0.3) is 22.5 Å². The Hall–Kier alpha value is -2.88. The number of nitrogens with zero attached hydrogens (tertiary/aromatic N) is 4. The van der Waals surface area contributed by atoms with E-state index < -0.39 is 0 Å². The van der Waals surface area contributed by atoms with E-state index in [1.54, 1.807) is 18.3 Å². The first-order chi connectivity index (χ1) is 16.2. The molecule has 33 heavy (non-hydrogen) atoms. The third-order valence-electron chi connectivity index (χ3n) is 6.29. The minimum atomic E-state index is -0.302. The zero-order chi connectivity index (χ0) is 22.6. The molecule has 3 heterocycles. The number of aliphatic hydroxyl groups excluding tert-OH is 1. The highest BCUT2D eigenvalue weighted by atomic mass is 19.1. The molecule has 5 rings (SSSR count). The molecule has 0 unspecified atom stereocenters. The molecule has 1 aliphatic heterocycles. The number of hydrogen-bond acceptors (Lipinski definition) is 8. The SMILES string of the molecule is O[C@H]1CC[C@H](Nc2nccc(-c3c(-c4ccc(F)cc4)noc3CN3CCOCC3)n2)CC1. The van der Waals surface area contributed by atoms with Crippen molar-refractivity contribution in [1.29, 1.82) is 0 Å². The van der Waals surface area contributed by atoms with Gasteiger partial charge in [-0.25, -0.2) is 14.4 Å². The largest absolute Gasteiger partial charge is 0.393 e. The van der Waals surface area contributed by atoms with E-state index in [1.807, 2.05) is 6.07 Å². The monoisotopic (exact) mass is 453 g/mol. The van der Waals surface area contributed by atoms with Gasteiger partial charge in [0.05, 0.1) is 37.1 Å². The summed E-state index contributed by atoms with van der Waals surface area (Å²) in [5.74, 6) is 0.947. The average molecular weight is 454 g/mol. The Morgan fingerprint density at radius 2 is 1.82 bits per heavy atom. The Balaban J connectivity index is 1.47. The van der Waals surface area contributed by atoms with Gasteiger partial charge in [0.15, 0.2) is 5.76 Å². The number of morpholine rings is 1. The van der Waals surface area contributed by atoms with E-state index in [-0.39, 0.29) is 18.0 Å². The lowest BCUT2D eigenvalue weighted by atomic mass is 9.93. The van der Waals surface area contributed by atoms with Crippen molar-refractivity contribution in [1.82, 2.24) is 20.0 Å². The summed E-state index contributed by atoms with van der Waals surface area (Å²) in [5, 5.41) is 17.5. The first-order valence-electron chi connectivity index (χ1n) is 11.5. The van der Waals surface area contributed by atoms with Gasteiger partial charge in [-0.15, -0.1) is 0 Å². The summed E-state index contributed by atoms with van der Waals surface area (Å²) in [6.07, 6.45) is 4.83. The maximum absolute atomic E-state index is 13.5. The molecule has 8 nitrogen and oxygen atoms in total. The highest BCUT2D eigenvalue weighted by molar-refractivity contribution is 5.80. The maximum atomic E-state index is 13.5. The second-order valence-corrected chi connectivity index (χ2v) is 8.64. The van der Waals surface area contributed by atoms with Gasteiger partial charge in [-0.3, -0.25) is 4.90 Å². The zero-order valence-corrected chi connectivity index (χ0v) is 18.4. The highest BCUT2D eigenvalue weighted by Crippen LogP contribution is 2.35. The molecule has 0 amide bonds. The van der Waals surface area contributed by atoms with Gasteiger partial charge >= 0.3 is 0 Å². The van der Waals surface area contributed by atoms with Crippen molar-refractivity contribution in [2.45, 2.75) is 44.4 Å². The van der Waals surface area contributed by atoms with Crippen LogP contribution in [0.4, 0.5) is 10.3 Å². The van der Waals surface area contributed by atoms with Crippen LogP contribution in [0.15, 0.2) is 41.1 Å². The minimum Gasteiger partial charge on any atom is -0.393 e. The maximum Gasteiger partial charge on any atom is 0.223 e. The fourth-order valence-electron chi connectivity index (χ4n) is 4.43. The molecule has 2 aliphatic rings. The fraction of sp³-hybridized carbons (Fsp3) is 0.458. The molecule has 1 aromatic carbocycles. The topological polar surface area (TPSA) is 96.5 Å². The summed E-state index contributed by atoms with van der Waals surface area (Å²) in [7, 11) is 0. The van der Waals surface area contributed by atoms with Crippen LogP contribution in [-0.2, 0) is 11.3 Å². The van der Waals surface area contributed by atoms with Crippen molar-refractivity contribution < 1.29 is 18.8 Å². The highest BCUT2D eigenvalue weighted by Gasteiger charge is 2.25. The normalized spacial score (nSPS) is 21.8. The molecule has 1 saturated carbocycles. The molecule has 3 aromatic rings. The van der Waals surface area contributed by atoms with Crippen LogP contribution in [0, 0.1) is 5.82 Å². The standard InChI is InChI=1S/C24H28FN5O3/c25-17-3-1-16(2-4-17)23-22(21(33-29-23)15-30-11-13-32-14-12-30)20-9-10-26-24(28-20)27-18-5-7-19(31)8-6-18/h1-4,9-10,18-19,31H,5-8,11-15H2,(H,26,27,28)/t18-,19-. The third-order valence-corrected chi connectivity index (χ3v) is 6.29. The van der Waals surface area contributed by atoms with E-state index in [9.17, 15) is 9.50 Å². The van der Waals surface area contributed by atoms with Gasteiger partial charge in [-0.1, -0.05) is 5.16 Å². The Labute approximate surface area is 191 Å². The van der Waals surface area contributed by atoms with Crippen LogP contribution < -0.4 is 5.32 Å². The molecule has 174 valence electrons.